The maximum Gasteiger partial charge on any atom is 0.247 e. The molecule has 1 N–H and O–H groups in total. The fourth-order valence-corrected chi connectivity index (χ4v) is 1.41. The molecule has 5 nitrogen and oxygen atoms in total. The molecule has 0 saturated carbocycles. The van der Waals surface area contributed by atoms with E-state index >= 15 is 0 Å². The zero-order valence-electron chi connectivity index (χ0n) is 10.7. The second-order valence-corrected chi connectivity index (χ2v) is 3.84. The lowest BCUT2D eigenvalue weighted by molar-refractivity contribution is -0.168. The summed E-state index contributed by atoms with van der Waals surface area (Å²) in [6, 6.07) is 9.47. The minimum Gasteiger partial charge on any atom is -0.355 e. The molecule has 0 unspecified atom stereocenters. The highest BCUT2D eigenvalue weighted by Gasteiger charge is 2.08. The smallest absolute Gasteiger partial charge is 0.247 e. The van der Waals surface area contributed by atoms with Gasteiger partial charge in [-0.1, -0.05) is 30.3 Å². The van der Waals surface area contributed by atoms with Crippen LogP contribution in [-0.4, -0.2) is 37.6 Å². The van der Waals surface area contributed by atoms with Gasteiger partial charge in [0.1, 0.15) is 0 Å². The summed E-state index contributed by atoms with van der Waals surface area (Å²) in [5.74, 6) is -0.258. The molecule has 0 aliphatic rings. The van der Waals surface area contributed by atoms with Gasteiger partial charge in [0.25, 0.3) is 0 Å². The van der Waals surface area contributed by atoms with Crippen LogP contribution in [0, 0.1) is 0 Å². The Morgan fingerprint density at radius 2 is 1.94 bits per heavy atom. The van der Waals surface area contributed by atoms with E-state index in [4.69, 9.17) is 4.84 Å². The van der Waals surface area contributed by atoms with E-state index in [-0.39, 0.29) is 18.2 Å². The SMILES string of the molecule is CON(C)C(=O)CCNC(=O)Cc1ccccc1. The van der Waals surface area contributed by atoms with Gasteiger partial charge in [-0.2, -0.15) is 0 Å². The fraction of sp³-hybridized carbons (Fsp3) is 0.385. The number of amides is 2. The predicted octanol–water partition coefficient (Wildman–Crippen LogP) is 0.755. The maximum atomic E-state index is 11.6. The maximum absolute atomic E-state index is 11.6. The Kier molecular flexibility index (Phi) is 5.87. The average molecular weight is 250 g/mol. The van der Waals surface area contributed by atoms with Crippen LogP contribution in [0.15, 0.2) is 30.3 Å². The third-order valence-electron chi connectivity index (χ3n) is 2.49. The van der Waals surface area contributed by atoms with Crippen molar-refractivity contribution in [2.45, 2.75) is 12.8 Å². The molecule has 0 aromatic heterocycles. The Hall–Kier alpha value is -1.88. The molecule has 18 heavy (non-hydrogen) atoms. The largest absolute Gasteiger partial charge is 0.355 e. The minimum atomic E-state index is -0.169. The number of hydrogen-bond acceptors (Lipinski definition) is 3. The molecule has 0 aliphatic heterocycles. The van der Waals surface area contributed by atoms with Gasteiger partial charge in [0.2, 0.25) is 11.8 Å². The number of benzene rings is 1. The first kappa shape index (κ1) is 14.2. The fourth-order valence-electron chi connectivity index (χ4n) is 1.41. The van der Waals surface area contributed by atoms with Crippen molar-refractivity contribution >= 4 is 11.8 Å². The molecule has 0 radical (unpaired) electrons. The van der Waals surface area contributed by atoms with Crippen LogP contribution in [-0.2, 0) is 20.8 Å². The second kappa shape index (κ2) is 7.45. The van der Waals surface area contributed by atoms with Crippen molar-refractivity contribution in [1.82, 2.24) is 10.4 Å². The Balaban J connectivity index is 2.24. The summed E-state index contributed by atoms with van der Waals surface area (Å²) in [6.07, 6.45) is 0.556. The van der Waals surface area contributed by atoms with E-state index in [0.717, 1.165) is 10.6 Å². The minimum absolute atomic E-state index is 0.0888. The third-order valence-corrected chi connectivity index (χ3v) is 2.49. The summed E-state index contributed by atoms with van der Waals surface area (Å²) >= 11 is 0. The number of carbonyl (C=O) groups excluding carboxylic acids is 2. The van der Waals surface area contributed by atoms with E-state index < -0.39 is 0 Å². The highest BCUT2D eigenvalue weighted by atomic mass is 16.7. The molecule has 1 aromatic carbocycles. The zero-order chi connectivity index (χ0) is 13.4. The van der Waals surface area contributed by atoms with Crippen LogP contribution in [0.3, 0.4) is 0 Å². The molecule has 0 saturated heterocycles. The molecular formula is C13H18N2O3. The first-order valence-corrected chi connectivity index (χ1v) is 5.74. The molecule has 1 rings (SSSR count). The van der Waals surface area contributed by atoms with Gasteiger partial charge in [-0.05, 0) is 5.56 Å². The van der Waals surface area contributed by atoms with Crippen molar-refractivity contribution in [1.29, 1.82) is 0 Å². The number of nitrogens with one attached hydrogen (secondary N) is 1. The number of hydrogen-bond donors (Lipinski definition) is 1. The van der Waals surface area contributed by atoms with Crippen molar-refractivity contribution < 1.29 is 14.4 Å². The van der Waals surface area contributed by atoms with E-state index in [2.05, 4.69) is 5.32 Å². The Bertz CT molecular complexity index is 392. The molecule has 0 bridgehead atoms. The molecule has 1 aromatic rings. The van der Waals surface area contributed by atoms with Gasteiger partial charge in [0.15, 0.2) is 0 Å². The van der Waals surface area contributed by atoms with Gasteiger partial charge >= 0.3 is 0 Å². The Morgan fingerprint density at radius 1 is 1.28 bits per heavy atom. The topological polar surface area (TPSA) is 58.6 Å². The van der Waals surface area contributed by atoms with Crippen LogP contribution < -0.4 is 5.32 Å². The number of rotatable bonds is 6. The first-order valence-electron chi connectivity index (χ1n) is 5.74. The zero-order valence-corrected chi connectivity index (χ0v) is 10.7. The molecule has 0 spiro atoms. The molecule has 0 fully saturated rings. The molecule has 0 aliphatic carbocycles. The van der Waals surface area contributed by atoms with Crippen molar-refractivity contribution in [3.05, 3.63) is 35.9 Å². The van der Waals surface area contributed by atoms with E-state index in [0.29, 0.717) is 13.0 Å². The molecular weight excluding hydrogens is 232 g/mol. The molecule has 0 atom stereocenters. The lowest BCUT2D eigenvalue weighted by Crippen LogP contribution is -2.32. The first-order chi connectivity index (χ1) is 8.63. The van der Waals surface area contributed by atoms with Crippen LogP contribution in [0.25, 0.3) is 0 Å². The van der Waals surface area contributed by atoms with Crippen molar-refractivity contribution in [3.63, 3.8) is 0 Å². The van der Waals surface area contributed by atoms with Crippen LogP contribution in [0.4, 0.5) is 0 Å². The second-order valence-electron chi connectivity index (χ2n) is 3.84. The number of nitrogens with zero attached hydrogens (tertiary/aromatic N) is 1. The summed E-state index contributed by atoms with van der Waals surface area (Å²) in [7, 11) is 2.96. The van der Waals surface area contributed by atoms with Crippen LogP contribution >= 0.6 is 0 Å². The molecule has 5 heteroatoms. The van der Waals surface area contributed by atoms with Crippen molar-refractivity contribution in [2.75, 3.05) is 20.7 Å². The summed E-state index contributed by atoms with van der Waals surface area (Å²) in [6.45, 7) is 0.318. The predicted molar refractivity (Wildman–Crippen MR) is 67.6 cm³/mol. The van der Waals surface area contributed by atoms with Gasteiger partial charge in [0.05, 0.1) is 13.5 Å². The van der Waals surface area contributed by atoms with E-state index in [1.807, 2.05) is 30.3 Å². The summed E-state index contributed by atoms with van der Waals surface area (Å²) in [4.78, 5) is 27.7. The Labute approximate surface area is 107 Å². The average Bonchev–Trinajstić information content (AvgIpc) is 2.38. The Morgan fingerprint density at radius 3 is 2.56 bits per heavy atom. The quantitative estimate of drug-likeness (QED) is 0.758. The van der Waals surface area contributed by atoms with Crippen molar-refractivity contribution in [2.24, 2.45) is 0 Å². The van der Waals surface area contributed by atoms with E-state index in [9.17, 15) is 9.59 Å². The van der Waals surface area contributed by atoms with Gasteiger partial charge in [-0.3, -0.25) is 14.4 Å². The molecule has 2 amide bonds. The van der Waals surface area contributed by atoms with Crippen LogP contribution in [0.2, 0.25) is 0 Å². The lowest BCUT2D eigenvalue weighted by atomic mass is 10.1. The van der Waals surface area contributed by atoms with Crippen molar-refractivity contribution in [3.8, 4) is 0 Å². The van der Waals surface area contributed by atoms with E-state index in [1.165, 1.54) is 14.2 Å². The van der Waals surface area contributed by atoms with Gasteiger partial charge in [0, 0.05) is 20.0 Å². The normalized spacial score (nSPS) is 9.89. The monoisotopic (exact) mass is 250 g/mol. The van der Waals surface area contributed by atoms with E-state index in [1.54, 1.807) is 0 Å². The number of carbonyl (C=O) groups is 2. The van der Waals surface area contributed by atoms with Crippen LogP contribution in [0.5, 0.6) is 0 Å². The highest BCUT2D eigenvalue weighted by molar-refractivity contribution is 5.80. The number of hydroxylamine groups is 2. The molecule has 98 valence electrons. The highest BCUT2D eigenvalue weighted by Crippen LogP contribution is 1.99. The van der Waals surface area contributed by atoms with Crippen LogP contribution in [0.1, 0.15) is 12.0 Å². The van der Waals surface area contributed by atoms with Gasteiger partial charge in [-0.25, -0.2) is 5.06 Å². The third kappa shape index (κ3) is 4.97. The van der Waals surface area contributed by atoms with Gasteiger partial charge < -0.3 is 5.32 Å². The molecule has 0 heterocycles. The van der Waals surface area contributed by atoms with Gasteiger partial charge in [-0.15, -0.1) is 0 Å². The standard InChI is InChI=1S/C13H18N2O3/c1-15(18-2)13(17)8-9-14-12(16)10-11-6-4-3-5-7-11/h3-7H,8-10H2,1-2H3,(H,14,16). The summed E-state index contributed by atoms with van der Waals surface area (Å²) in [5.41, 5.74) is 0.954. The lowest BCUT2D eigenvalue weighted by Gasteiger charge is -2.13. The summed E-state index contributed by atoms with van der Waals surface area (Å²) < 4.78 is 0. The summed E-state index contributed by atoms with van der Waals surface area (Å²) in [5, 5.41) is 3.84.